The second-order valence-electron chi connectivity index (χ2n) is 2.14. The summed E-state index contributed by atoms with van der Waals surface area (Å²) >= 11 is 0. The lowest BCUT2D eigenvalue weighted by molar-refractivity contribution is 0.143. The molecule has 0 aliphatic rings. The first kappa shape index (κ1) is 8.43. The van der Waals surface area contributed by atoms with E-state index in [0.717, 1.165) is 5.84 Å². The molecule has 0 unspecified atom stereocenters. The first-order valence-electron chi connectivity index (χ1n) is 2.94. The predicted molar refractivity (Wildman–Crippen MR) is 40.5 cm³/mol. The Hall–Kier alpha value is -0.570. The fraction of sp³-hybridized carbons (Fsp3) is 0.833. The fourth-order valence-corrected chi connectivity index (χ4v) is 0.434. The molecule has 0 saturated heterocycles. The molecule has 0 aromatic heterocycles. The van der Waals surface area contributed by atoms with Crippen molar-refractivity contribution in [1.82, 2.24) is 10.0 Å². The summed E-state index contributed by atoms with van der Waals surface area (Å²) in [6, 6.07) is 0. The van der Waals surface area contributed by atoms with Crippen LogP contribution in [0.3, 0.4) is 0 Å². The SMILES string of the molecule is CN=C(C)N(C)N(C)C. The summed E-state index contributed by atoms with van der Waals surface area (Å²) in [7, 11) is 7.72. The molecule has 0 fully saturated rings. The van der Waals surface area contributed by atoms with Gasteiger partial charge in [-0.2, -0.15) is 0 Å². The Balaban J connectivity index is 3.88. The van der Waals surface area contributed by atoms with E-state index in [1.165, 1.54) is 0 Å². The Kier molecular flexibility index (Phi) is 3.24. The second kappa shape index (κ2) is 3.45. The molecule has 3 heteroatoms. The van der Waals surface area contributed by atoms with E-state index < -0.39 is 0 Å². The van der Waals surface area contributed by atoms with Crippen LogP contribution in [0.2, 0.25) is 0 Å². The molecule has 0 spiro atoms. The zero-order chi connectivity index (χ0) is 7.44. The van der Waals surface area contributed by atoms with Crippen molar-refractivity contribution < 1.29 is 0 Å². The minimum Gasteiger partial charge on any atom is -0.297 e. The monoisotopic (exact) mass is 129 g/mol. The maximum absolute atomic E-state index is 4.01. The van der Waals surface area contributed by atoms with Gasteiger partial charge in [-0.25, -0.2) is 5.01 Å². The van der Waals surface area contributed by atoms with Gasteiger partial charge < -0.3 is 0 Å². The van der Waals surface area contributed by atoms with Crippen LogP contribution in [0.5, 0.6) is 0 Å². The van der Waals surface area contributed by atoms with E-state index >= 15 is 0 Å². The van der Waals surface area contributed by atoms with Gasteiger partial charge in [0.2, 0.25) is 0 Å². The molecule has 0 aromatic carbocycles. The summed E-state index contributed by atoms with van der Waals surface area (Å²) in [6.07, 6.45) is 0. The maximum Gasteiger partial charge on any atom is 0.109 e. The topological polar surface area (TPSA) is 18.8 Å². The van der Waals surface area contributed by atoms with Gasteiger partial charge in [-0.05, 0) is 6.92 Å². The van der Waals surface area contributed by atoms with Gasteiger partial charge in [0.25, 0.3) is 0 Å². The van der Waals surface area contributed by atoms with Crippen molar-refractivity contribution in [2.45, 2.75) is 6.92 Å². The van der Waals surface area contributed by atoms with Crippen molar-refractivity contribution >= 4 is 5.84 Å². The van der Waals surface area contributed by atoms with Crippen LogP contribution in [-0.2, 0) is 0 Å². The lowest BCUT2D eigenvalue weighted by Crippen LogP contribution is -2.36. The number of aliphatic imine (C=N–C) groups is 1. The van der Waals surface area contributed by atoms with E-state index in [4.69, 9.17) is 0 Å². The maximum atomic E-state index is 4.01. The van der Waals surface area contributed by atoms with E-state index in [1.54, 1.807) is 7.05 Å². The zero-order valence-electron chi connectivity index (χ0n) is 6.84. The quantitative estimate of drug-likeness (QED) is 0.291. The van der Waals surface area contributed by atoms with Crippen LogP contribution in [0.25, 0.3) is 0 Å². The van der Waals surface area contributed by atoms with Crippen molar-refractivity contribution in [2.75, 3.05) is 28.2 Å². The van der Waals surface area contributed by atoms with Crippen molar-refractivity contribution in [3.8, 4) is 0 Å². The third-order valence-electron chi connectivity index (χ3n) is 1.39. The molecule has 0 amide bonds. The van der Waals surface area contributed by atoms with Gasteiger partial charge in [-0.15, -0.1) is 0 Å². The molecule has 0 saturated carbocycles. The number of nitrogens with zero attached hydrogens (tertiary/aromatic N) is 3. The number of hydrazine groups is 1. The lowest BCUT2D eigenvalue weighted by atomic mass is 10.6. The average molecular weight is 129 g/mol. The van der Waals surface area contributed by atoms with Crippen LogP contribution in [0.15, 0.2) is 4.99 Å². The van der Waals surface area contributed by atoms with E-state index in [0.29, 0.717) is 0 Å². The normalized spacial score (nSPS) is 12.4. The van der Waals surface area contributed by atoms with Gasteiger partial charge in [-0.1, -0.05) is 0 Å². The van der Waals surface area contributed by atoms with Gasteiger partial charge in [0.15, 0.2) is 0 Å². The molecule has 0 radical (unpaired) electrons. The van der Waals surface area contributed by atoms with Crippen LogP contribution in [0.4, 0.5) is 0 Å². The van der Waals surface area contributed by atoms with E-state index in [-0.39, 0.29) is 0 Å². The molecule has 0 N–H and O–H groups in total. The molecule has 54 valence electrons. The average Bonchev–Trinajstić information content (AvgIpc) is 1.84. The number of rotatable bonds is 1. The summed E-state index contributed by atoms with van der Waals surface area (Å²) < 4.78 is 0. The molecule has 9 heavy (non-hydrogen) atoms. The molecule has 3 nitrogen and oxygen atoms in total. The molecule has 0 aliphatic heterocycles. The van der Waals surface area contributed by atoms with Crippen LogP contribution in [0.1, 0.15) is 6.92 Å². The number of hydrogen-bond donors (Lipinski definition) is 0. The molecule has 0 aliphatic carbocycles. The molecule has 0 bridgehead atoms. The van der Waals surface area contributed by atoms with Crippen LogP contribution in [-0.4, -0.2) is 44.0 Å². The van der Waals surface area contributed by atoms with E-state index in [9.17, 15) is 0 Å². The highest BCUT2D eigenvalue weighted by atomic mass is 15.6. The highest BCUT2D eigenvalue weighted by Crippen LogP contribution is 1.87. The van der Waals surface area contributed by atoms with E-state index in [2.05, 4.69) is 4.99 Å². The summed E-state index contributed by atoms with van der Waals surface area (Å²) in [5, 5.41) is 3.95. The first-order chi connectivity index (χ1) is 4.09. The molecule has 0 rings (SSSR count). The highest BCUT2D eigenvalue weighted by molar-refractivity contribution is 5.78. The van der Waals surface area contributed by atoms with Crippen molar-refractivity contribution in [1.29, 1.82) is 0 Å². The fourth-order valence-electron chi connectivity index (χ4n) is 0.434. The summed E-state index contributed by atoms with van der Waals surface area (Å²) in [5.74, 6) is 1.01. The van der Waals surface area contributed by atoms with Gasteiger partial charge >= 0.3 is 0 Å². The molecular weight excluding hydrogens is 114 g/mol. The summed E-state index contributed by atoms with van der Waals surface area (Å²) in [4.78, 5) is 4.01. The van der Waals surface area contributed by atoms with Gasteiger partial charge in [0, 0.05) is 28.2 Å². The minimum atomic E-state index is 1.01. The van der Waals surface area contributed by atoms with Crippen LogP contribution < -0.4 is 0 Å². The molecule has 0 aromatic rings. The standard InChI is InChI=1S/C6H15N3/c1-6(7-2)9(5)8(3)4/h1-5H3. The minimum absolute atomic E-state index is 1.01. The second-order valence-corrected chi connectivity index (χ2v) is 2.14. The summed E-state index contributed by atoms with van der Waals surface area (Å²) in [5.41, 5.74) is 0. The Morgan fingerprint density at radius 1 is 1.22 bits per heavy atom. The van der Waals surface area contributed by atoms with Crippen molar-refractivity contribution in [3.63, 3.8) is 0 Å². The number of amidine groups is 1. The van der Waals surface area contributed by atoms with Crippen LogP contribution in [0, 0.1) is 0 Å². The third kappa shape index (κ3) is 2.46. The largest absolute Gasteiger partial charge is 0.297 e. The molecular formula is C6H15N3. The Morgan fingerprint density at radius 3 is 1.78 bits per heavy atom. The van der Waals surface area contributed by atoms with Gasteiger partial charge in [0.1, 0.15) is 5.84 Å². The lowest BCUT2D eigenvalue weighted by Gasteiger charge is -2.25. The highest BCUT2D eigenvalue weighted by Gasteiger charge is 1.98. The zero-order valence-corrected chi connectivity index (χ0v) is 6.84. The van der Waals surface area contributed by atoms with Crippen LogP contribution >= 0.6 is 0 Å². The summed E-state index contributed by atoms with van der Waals surface area (Å²) in [6.45, 7) is 1.97. The molecule has 0 atom stereocenters. The van der Waals surface area contributed by atoms with Gasteiger partial charge in [0.05, 0.1) is 0 Å². The first-order valence-corrected chi connectivity index (χ1v) is 2.94. The van der Waals surface area contributed by atoms with Gasteiger partial charge in [-0.3, -0.25) is 10.0 Å². The van der Waals surface area contributed by atoms with E-state index in [1.807, 2.05) is 38.1 Å². The predicted octanol–water partition coefficient (Wildman–Crippen LogP) is 0.443. The third-order valence-corrected chi connectivity index (χ3v) is 1.39. The Bertz CT molecular complexity index is 107. The molecule has 0 heterocycles. The smallest absolute Gasteiger partial charge is 0.109 e. The Morgan fingerprint density at radius 2 is 1.67 bits per heavy atom. The Labute approximate surface area is 56.9 Å². The number of hydrogen-bond acceptors (Lipinski definition) is 2. The van der Waals surface area contributed by atoms with Crippen molar-refractivity contribution in [2.24, 2.45) is 4.99 Å². The van der Waals surface area contributed by atoms with Crippen molar-refractivity contribution in [3.05, 3.63) is 0 Å².